The summed E-state index contributed by atoms with van der Waals surface area (Å²) in [5, 5.41) is 0.939. The number of carbonyl (C=O) groups is 3. The number of piperazine rings is 1. The average Bonchev–Trinajstić information content (AvgIpc) is 3.26. The maximum absolute atomic E-state index is 13.1. The average molecular weight is 394 g/mol. The molecule has 0 bridgehead atoms. The molecule has 0 radical (unpaired) electrons. The van der Waals surface area contributed by atoms with Crippen molar-refractivity contribution >= 4 is 28.6 Å². The maximum atomic E-state index is 13.1. The molecule has 152 valence electrons. The molecule has 0 N–H and O–H groups in total. The Balaban J connectivity index is 1.43. The molecule has 0 spiro atoms. The molecule has 2 fully saturated rings. The molecule has 0 aliphatic carbocycles. The van der Waals surface area contributed by atoms with Crippen LogP contribution in [0.15, 0.2) is 24.3 Å². The number of aryl methyl sites for hydroxylation is 2. The van der Waals surface area contributed by atoms with Crippen LogP contribution < -0.4 is 0 Å². The highest BCUT2D eigenvalue weighted by atomic mass is 16.2. The number of amides is 3. The van der Waals surface area contributed by atoms with Crippen LogP contribution in [-0.2, 0) is 9.59 Å². The molecular formula is C22H26N4O3. The number of benzene rings is 1. The molecule has 29 heavy (non-hydrogen) atoms. The number of pyridine rings is 1. The van der Waals surface area contributed by atoms with Gasteiger partial charge in [0.1, 0.15) is 0 Å². The Morgan fingerprint density at radius 1 is 0.793 bits per heavy atom. The van der Waals surface area contributed by atoms with Gasteiger partial charge in [-0.1, -0.05) is 12.1 Å². The topological polar surface area (TPSA) is 73.8 Å². The highest BCUT2D eigenvalue weighted by Crippen LogP contribution is 2.20. The van der Waals surface area contributed by atoms with E-state index in [1.807, 2.05) is 38.1 Å². The van der Waals surface area contributed by atoms with Gasteiger partial charge in [0.05, 0.1) is 16.8 Å². The summed E-state index contributed by atoms with van der Waals surface area (Å²) in [5.74, 6) is -0.930. The van der Waals surface area contributed by atoms with Crippen LogP contribution in [0.25, 0.3) is 10.9 Å². The van der Waals surface area contributed by atoms with Crippen molar-refractivity contribution in [1.29, 1.82) is 0 Å². The predicted molar refractivity (Wildman–Crippen MR) is 110 cm³/mol. The summed E-state index contributed by atoms with van der Waals surface area (Å²) in [6, 6.07) is 7.90. The first-order valence-electron chi connectivity index (χ1n) is 10.2. The van der Waals surface area contributed by atoms with Crippen LogP contribution >= 0.6 is 0 Å². The SMILES string of the molecule is Cc1ccc2cc(C(=O)N3CCN(C(=O)C(=O)N4CCCC4)CC3)c(C)nc2c1. The molecule has 7 heteroatoms. The number of nitrogens with zero attached hydrogens (tertiary/aromatic N) is 4. The minimum absolute atomic E-state index is 0.0737. The molecule has 3 amide bonds. The molecule has 2 saturated heterocycles. The monoisotopic (exact) mass is 394 g/mol. The zero-order valence-corrected chi connectivity index (χ0v) is 17.0. The van der Waals surface area contributed by atoms with Crippen LogP contribution in [0.2, 0.25) is 0 Å². The maximum Gasteiger partial charge on any atom is 0.312 e. The van der Waals surface area contributed by atoms with Gasteiger partial charge in [0, 0.05) is 44.7 Å². The van der Waals surface area contributed by atoms with E-state index >= 15 is 0 Å². The van der Waals surface area contributed by atoms with Crippen molar-refractivity contribution < 1.29 is 14.4 Å². The number of aromatic nitrogens is 1. The van der Waals surface area contributed by atoms with E-state index in [0.717, 1.165) is 29.3 Å². The molecule has 0 saturated carbocycles. The fraction of sp³-hybridized carbons (Fsp3) is 0.455. The number of hydrogen-bond donors (Lipinski definition) is 0. The Hall–Kier alpha value is -2.96. The number of hydrogen-bond acceptors (Lipinski definition) is 4. The smallest absolute Gasteiger partial charge is 0.312 e. The molecule has 1 aromatic carbocycles. The van der Waals surface area contributed by atoms with Gasteiger partial charge in [-0.2, -0.15) is 0 Å². The lowest BCUT2D eigenvalue weighted by Crippen LogP contribution is -2.54. The van der Waals surface area contributed by atoms with Gasteiger partial charge in [0.25, 0.3) is 5.91 Å². The molecule has 1 aromatic heterocycles. The van der Waals surface area contributed by atoms with Crippen LogP contribution in [-0.4, -0.2) is 76.7 Å². The van der Waals surface area contributed by atoms with E-state index in [-0.39, 0.29) is 5.91 Å². The first-order valence-corrected chi connectivity index (χ1v) is 10.2. The second-order valence-electron chi connectivity index (χ2n) is 7.90. The number of rotatable bonds is 1. The van der Waals surface area contributed by atoms with Crippen molar-refractivity contribution in [2.24, 2.45) is 0 Å². The molecule has 0 unspecified atom stereocenters. The summed E-state index contributed by atoms with van der Waals surface area (Å²) in [6.45, 7) is 6.79. The summed E-state index contributed by atoms with van der Waals surface area (Å²) < 4.78 is 0. The van der Waals surface area contributed by atoms with E-state index < -0.39 is 11.8 Å². The second-order valence-corrected chi connectivity index (χ2v) is 7.90. The zero-order valence-electron chi connectivity index (χ0n) is 17.0. The molecule has 3 heterocycles. The van der Waals surface area contributed by atoms with Crippen LogP contribution in [0.3, 0.4) is 0 Å². The Labute approximate surface area is 170 Å². The molecule has 4 rings (SSSR count). The van der Waals surface area contributed by atoms with Crippen molar-refractivity contribution in [2.45, 2.75) is 26.7 Å². The van der Waals surface area contributed by atoms with Crippen molar-refractivity contribution in [2.75, 3.05) is 39.3 Å². The van der Waals surface area contributed by atoms with Crippen molar-refractivity contribution in [3.05, 3.63) is 41.1 Å². The number of carbonyl (C=O) groups excluding carboxylic acids is 3. The molecular weight excluding hydrogens is 368 g/mol. The summed E-state index contributed by atoms with van der Waals surface area (Å²) >= 11 is 0. The fourth-order valence-electron chi connectivity index (χ4n) is 4.06. The molecule has 7 nitrogen and oxygen atoms in total. The third-order valence-corrected chi connectivity index (χ3v) is 5.82. The summed E-state index contributed by atoms with van der Waals surface area (Å²) in [4.78, 5) is 47.4. The Morgan fingerprint density at radius 3 is 2.03 bits per heavy atom. The van der Waals surface area contributed by atoms with Crippen LogP contribution in [0.1, 0.15) is 34.5 Å². The van der Waals surface area contributed by atoms with E-state index in [9.17, 15) is 14.4 Å². The molecule has 0 atom stereocenters. The van der Waals surface area contributed by atoms with E-state index in [2.05, 4.69) is 4.98 Å². The van der Waals surface area contributed by atoms with Gasteiger partial charge in [-0.25, -0.2) is 0 Å². The van der Waals surface area contributed by atoms with Gasteiger partial charge < -0.3 is 14.7 Å². The summed E-state index contributed by atoms with van der Waals surface area (Å²) in [7, 11) is 0. The van der Waals surface area contributed by atoms with E-state index in [1.54, 1.807) is 14.7 Å². The van der Waals surface area contributed by atoms with Crippen molar-refractivity contribution in [3.63, 3.8) is 0 Å². The van der Waals surface area contributed by atoms with Crippen molar-refractivity contribution in [3.8, 4) is 0 Å². The Kier molecular flexibility index (Phi) is 5.22. The first-order chi connectivity index (χ1) is 13.9. The summed E-state index contributed by atoms with van der Waals surface area (Å²) in [6.07, 6.45) is 1.92. The van der Waals surface area contributed by atoms with Gasteiger partial charge in [-0.15, -0.1) is 0 Å². The highest BCUT2D eigenvalue weighted by Gasteiger charge is 2.32. The van der Waals surface area contributed by atoms with Crippen molar-refractivity contribution in [1.82, 2.24) is 19.7 Å². The number of fused-ring (bicyclic) bond motifs is 1. The summed E-state index contributed by atoms with van der Waals surface area (Å²) in [5.41, 5.74) is 3.31. The third-order valence-electron chi connectivity index (χ3n) is 5.82. The zero-order chi connectivity index (χ0) is 20.5. The Morgan fingerprint density at radius 2 is 1.38 bits per heavy atom. The minimum Gasteiger partial charge on any atom is -0.335 e. The van der Waals surface area contributed by atoms with Crippen LogP contribution in [0.4, 0.5) is 0 Å². The van der Waals surface area contributed by atoms with Gasteiger partial charge in [0.15, 0.2) is 0 Å². The Bertz CT molecular complexity index is 973. The highest BCUT2D eigenvalue weighted by molar-refractivity contribution is 6.35. The van der Waals surface area contributed by atoms with E-state index in [4.69, 9.17) is 0 Å². The largest absolute Gasteiger partial charge is 0.335 e. The standard InChI is InChI=1S/C22H26N4O3/c1-15-5-6-17-14-18(16(2)23-19(17)13-15)20(27)25-9-11-26(12-10-25)22(29)21(28)24-7-3-4-8-24/h5-6,13-14H,3-4,7-12H2,1-2H3. The molecule has 2 aliphatic heterocycles. The van der Waals surface area contributed by atoms with E-state index in [1.165, 1.54) is 0 Å². The minimum atomic E-state index is -0.446. The van der Waals surface area contributed by atoms with Crippen LogP contribution in [0.5, 0.6) is 0 Å². The lowest BCUT2D eigenvalue weighted by molar-refractivity contribution is -0.152. The van der Waals surface area contributed by atoms with Gasteiger partial charge in [-0.05, 0) is 44.4 Å². The molecule has 2 aromatic rings. The fourth-order valence-corrected chi connectivity index (χ4v) is 4.06. The third kappa shape index (κ3) is 3.81. The quantitative estimate of drug-likeness (QED) is 0.691. The van der Waals surface area contributed by atoms with E-state index in [0.29, 0.717) is 50.5 Å². The van der Waals surface area contributed by atoms with Gasteiger partial charge >= 0.3 is 11.8 Å². The predicted octanol–water partition coefficient (Wildman–Crippen LogP) is 1.76. The lowest BCUT2D eigenvalue weighted by Gasteiger charge is -2.35. The van der Waals surface area contributed by atoms with Gasteiger partial charge in [-0.3, -0.25) is 19.4 Å². The van der Waals surface area contributed by atoms with Gasteiger partial charge in [0.2, 0.25) is 0 Å². The first kappa shape index (κ1) is 19.4. The number of likely N-dealkylation sites (tertiary alicyclic amines) is 1. The normalized spacial score (nSPS) is 17.1. The van der Waals surface area contributed by atoms with Crippen LogP contribution in [0, 0.1) is 13.8 Å². The molecule has 2 aliphatic rings. The lowest BCUT2D eigenvalue weighted by atomic mass is 10.1. The second kappa shape index (κ2) is 7.81.